The van der Waals surface area contributed by atoms with E-state index in [0.717, 1.165) is 17.7 Å². The second-order valence-electron chi connectivity index (χ2n) is 4.59. The van der Waals surface area contributed by atoms with Crippen LogP contribution < -0.4 is 5.56 Å². The van der Waals surface area contributed by atoms with Gasteiger partial charge < -0.3 is 4.98 Å². The predicted octanol–water partition coefficient (Wildman–Crippen LogP) is 3.41. The Hall–Kier alpha value is -1.99. The van der Waals surface area contributed by atoms with Gasteiger partial charge in [0.25, 0.3) is 0 Å². The molecule has 0 bridgehead atoms. The summed E-state index contributed by atoms with van der Waals surface area (Å²) in [5.74, 6) is 0.738. The molecule has 2 aromatic rings. The van der Waals surface area contributed by atoms with Crippen LogP contribution in [-0.2, 0) is 12.2 Å². The van der Waals surface area contributed by atoms with E-state index in [9.17, 15) is 10.1 Å². The van der Waals surface area contributed by atoms with Gasteiger partial charge in [-0.15, -0.1) is 11.8 Å². The maximum atomic E-state index is 11.5. The number of pyridine rings is 1. The van der Waals surface area contributed by atoms with Crippen molar-refractivity contribution < 1.29 is 0 Å². The van der Waals surface area contributed by atoms with Gasteiger partial charge in [-0.1, -0.05) is 31.2 Å². The molecule has 0 saturated carbocycles. The van der Waals surface area contributed by atoms with Crippen LogP contribution in [0.1, 0.15) is 29.2 Å². The predicted molar refractivity (Wildman–Crippen MR) is 81.9 cm³/mol. The van der Waals surface area contributed by atoms with E-state index < -0.39 is 0 Å². The second kappa shape index (κ2) is 6.44. The third kappa shape index (κ3) is 3.31. The van der Waals surface area contributed by atoms with Crippen LogP contribution in [0.2, 0.25) is 0 Å². The van der Waals surface area contributed by atoms with E-state index in [4.69, 9.17) is 0 Å². The number of thioether (sulfide) groups is 1. The van der Waals surface area contributed by atoms with Crippen LogP contribution in [0.3, 0.4) is 0 Å². The summed E-state index contributed by atoms with van der Waals surface area (Å²) in [6, 6.07) is 12.0. The van der Waals surface area contributed by atoms with E-state index >= 15 is 0 Å². The minimum absolute atomic E-state index is 0.161. The van der Waals surface area contributed by atoms with Gasteiger partial charge >= 0.3 is 0 Å². The van der Waals surface area contributed by atoms with E-state index in [1.165, 1.54) is 29.0 Å². The van der Waals surface area contributed by atoms with E-state index in [2.05, 4.69) is 36.2 Å². The van der Waals surface area contributed by atoms with Gasteiger partial charge in [-0.2, -0.15) is 5.26 Å². The van der Waals surface area contributed by atoms with Crippen molar-refractivity contribution in [2.45, 2.75) is 31.0 Å². The molecule has 0 fully saturated rings. The van der Waals surface area contributed by atoms with Gasteiger partial charge in [-0.25, -0.2) is 0 Å². The van der Waals surface area contributed by atoms with Gasteiger partial charge in [0, 0.05) is 11.8 Å². The van der Waals surface area contributed by atoms with Crippen LogP contribution in [0.25, 0.3) is 0 Å². The molecular formula is C16H16N2OS. The lowest BCUT2D eigenvalue weighted by atomic mass is 10.1. The molecule has 4 heteroatoms. The molecule has 0 saturated heterocycles. The number of hydrogen-bond donors (Lipinski definition) is 1. The highest BCUT2D eigenvalue weighted by molar-refractivity contribution is 7.98. The zero-order chi connectivity index (χ0) is 14.5. The molecule has 1 N–H and O–H groups in total. The fraction of sp³-hybridized carbons (Fsp3) is 0.250. The Labute approximate surface area is 122 Å². The van der Waals surface area contributed by atoms with Crippen molar-refractivity contribution in [3.05, 3.63) is 62.9 Å². The summed E-state index contributed by atoms with van der Waals surface area (Å²) in [5, 5.41) is 9.84. The van der Waals surface area contributed by atoms with Crippen LogP contribution in [0.4, 0.5) is 0 Å². The van der Waals surface area contributed by atoms with Crippen molar-refractivity contribution in [2.24, 2.45) is 0 Å². The Morgan fingerprint density at radius 1 is 1.30 bits per heavy atom. The van der Waals surface area contributed by atoms with Gasteiger partial charge in [0.2, 0.25) is 5.56 Å². The smallest absolute Gasteiger partial charge is 0.249 e. The number of aryl methyl sites for hydroxylation is 2. The molecule has 2 rings (SSSR count). The molecular weight excluding hydrogens is 268 g/mol. The van der Waals surface area contributed by atoms with Crippen molar-refractivity contribution in [1.82, 2.24) is 4.98 Å². The Morgan fingerprint density at radius 2 is 2.05 bits per heavy atom. The minimum Gasteiger partial charge on any atom is -0.316 e. The lowest BCUT2D eigenvalue weighted by Gasteiger charge is -2.07. The van der Waals surface area contributed by atoms with Crippen molar-refractivity contribution in [3.8, 4) is 6.07 Å². The number of benzene rings is 1. The first-order valence-electron chi connectivity index (χ1n) is 6.48. The zero-order valence-electron chi connectivity index (χ0n) is 11.6. The molecule has 0 aliphatic heterocycles. The first kappa shape index (κ1) is 14.4. The van der Waals surface area contributed by atoms with E-state index in [0.29, 0.717) is 10.6 Å². The maximum Gasteiger partial charge on any atom is 0.249 e. The third-order valence-corrected chi connectivity index (χ3v) is 4.17. The van der Waals surface area contributed by atoms with Crippen molar-refractivity contribution >= 4 is 11.8 Å². The Kier molecular flexibility index (Phi) is 4.65. The summed E-state index contributed by atoms with van der Waals surface area (Å²) < 4.78 is 0. The fourth-order valence-corrected chi connectivity index (χ4v) is 3.01. The van der Waals surface area contributed by atoms with Gasteiger partial charge in [0.05, 0.1) is 10.6 Å². The summed E-state index contributed by atoms with van der Waals surface area (Å²) >= 11 is 1.49. The van der Waals surface area contributed by atoms with Gasteiger partial charge in [-0.3, -0.25) is 4.79 Å². The minimum atomic E-state index is -0.161. The number of nitrogens with one attached hydrogen (secondary N) is 1. The van der Waals surface area contributed by atoms with Gasteiger partial charge in [0.15, 0.2) is 0 Å². The number of aromatic amines is 1. The van der Waals surface area contributed by atoms with Crippen molar-refractivity contribution in [2.75, 3.05) is 0 Å². The normalized spacial score (nSPS) is 10.2. The molecule has 0 amide bonds. The number of nitriles is 1. The topological polar surface area (TPSA) is 56.6 Å². The van der Waals surface area contributed by atoms with E-state index in [1.807, 2.05) is 6.07 Å². The largest absolute Gasteiger partial charge is 0.316 e. The van der Waals surface area contributed by atoms with Crippen LogP contribution in [0, 0.1) is 18.3 Å². The highest BCUT2D eigenvalue weighted by atomic mass is 32.2. The summed E-state index contributed by atoms with van der Waals surface area (Å²) in [4.78, 5) is 14.3. The molecule has 0 atom stereocenters. The number of hydrogen-bond acceptors (Lipinski definition) is 3. The SMILES string of the molecule is CCc1cccc(CSc2[nH]c(=O)cc(C)c2C#N)c1. The van der Waals surface area contributed by atoms with Gasteiger partial charge in [-0.05, 0) is 30.0 Å². The van der Waals surface area contributed by atoms with Crippen LogP contribution in [-0.4, -0.2) is 4.98 Å². The molecule has 0 aliphatic carbocycles. The highest BCUT2D eigenvalue weighted by Gasteiger charge is 2.08. The summed E-state index contributed by atoms with van der Waals surface area (Å²) in [6.07, 6.45) is 1.00. The number of rotatable bonds is 4. The first-order valence-corrected chi connectivity index (χ1v) is 7.47. The average Bonchev–Trinajstić information content (AvgIpc) is 2.45. The molecule has 20 heavy (non-hydrogen) atoms. The Bertz CT molecular complexity index is 713. The van der Waals surface area contributed by atoms with Crippen LogP contribution >= 0.6 is 11.8 Å². The summed E-state index contributed by atoms with van der Waals surface area (Å²) in [5.41, 5.74) is 3.61. The number of H-pyrrole nitrogens is 1. The molecule has 0 aliphatic rings. The molecule has 0 spiro atoms. The quantitative estimate of drug-likeness (QED) is 0.875. The van der Waals surface area contributed by atoms with Crippen LogP contribution in [0.5, 0.6) is 0 Å². The second-order valence-corrected chi connectivity index (χ2v) is 5.58. The molecule has 1 heterocycles. The maximum absolute atomic E-state index is 11.5. The Morgan fingerprint density at radius 3 is 2.75 bits per heavy atom. The van der Waals surface area contributed by atoms with Gasteiger partial charge in [0.1, 0.15) is 6.07 Å². The zero-order valence-corrected chi connectivity index (χ0v) is 12.4. The molecule has 1 aromatic heterocycles. The average molecular weight is 284 g/mol. The monoisotopic (exact) mass is 284 g/mol. The lowest BCUT2D eigenvalue weighted by Crippen LogP contribution is -2.08. The highest BCUT2D eigenvalue weighted by Crippen LogP contribution is 2.25. The van der Waals surface area contributed by atoms with E-state index in [1.54, 1.807) is 6.92 Å². The standard InChI is InChI=1S/C16H16N2OS/c1-3-12-5-4-6-13(8-12)10-20-16-14(9-17)11(2)7-15(19)18-16/h4-8H,3,10H2,1-2H3,(H,18,19). The number of aromatic nitrogens is 1. The van der Waals surface area contributed by atoms with Crippen molar-refractivity contribution in [1.29, 1.82) is 5.26 Å². The molecule has 1 aromatic carbocycles. The fourth-order valence-electron chi connectivity index (χ4n) is 2.00. The van der Waals surface area contributed by atoms with Crippen molar-refractivity contribution in [3.63, 3.8) is 0 Å². The molecule has 102 valence electrons. The van der Waals surface area contributed by atoms with Crippen LogP contribution in [0.15, 0.2) is 40.2 Å². The third-order valence-electron chi connectivity index (χ3n) is 3.10. The lowest BCUT2D eigenvalue weighted by molar-refractivity contribution is 1.04. The molecule has 0 unspecified atom stereocenters. The Balaban J connectivity index is 2.23. The number of nitrogens with zero attached hydrogens (tertiary/aromatic N) is 1. The first-order chi connectivity index (χ1) is 9.63. The summed E-state index contributed by atoms with van der Waals surface area (Å²) in [6.45, 7) is 3.91. The van der Waals surface area contributed by atoms with E-state index in [-0.39, 0.29) is 5.56 Å². The molecule has 0 radical (unpaired) electrons. The summed E-state index contributed by atoms with van der Waals surface area (Å²) in [7, 11) is 0. The molecule has 3 nitrogen and oxygen atoms in total.